The van der Waals surface area contributed by atoms with E-state index in [-0.39, 0.29) is 24.8 Å². The van der Waals surface area contributed by atoms with Gasteiger partial charge in [-0.05, 0) is 12.8 Å². The predicted octanol–water partition coefficient (Wildman–Crippen LogP) is 1.30. The maximum absolute atomic E-state index is 2.36. The first-order chi connectivity index (χ1) is 13.3. The second-order valence-corrected chi connectivity index (χ2v) is 9.37. The third-order valence-corrected chi connectivity index (χ3v) is 7.04. The molecule has 1 fully saturated rings. The molecule has 150 valence electrons. The van der Waals surface area contributed by atoms with Crippen LogP contribution < -0.4 is 24.8 Å². The van der Waals surface area contributed by atoms with Gasteiger partial charge in [0.2, 0.25) is 0 Å². The summed E-state index contributed by atoms with van der Waals surface area (Å²) in [5.41, 5.74) is 4.39. The molecule has 0 bridgehead atoms. The Bertz CT molecular complexity index is 1030. The van der Waals surface area contributed by atoms with E-state index in [0.717, 1.165) is 12.8 Å². The zero-order valence-corrected chi connectivity index (χ0v) is 20.9. The van der Waals surface area contributed by atoms with Crippen molar-refractivity contribution in [3.8, 4) is 0 Å². The first-order valence-corrected chi connectivity index (χ1v) is 11.5. The molecule has 5 rings (SSSR count). The van der Waals surface area contributed by atoms with Gasteiger partial charge in [-0.1, -0.05) is 72.2 Å². The Morgan fingerprint density at radius 2 is 1.69 bits per heavy atom. The number of aryl methyl sites for hydroxylation is 1. The second-order valence-electron chi connectivity index (χ2n) is 7.63. The SMILES string of the molecule is CCc1ccc2c([cH-]c3ccccc32)c1C1=CC=CC1.[Cl-].[Cl-].[Zr+2]=[C]1CCCCC1. The summed E-state index contributed by atoms with van der Waals surface area (Å²) < 4.78 is 1.80. The van der Waals surface area contributed by atoms with Gasteiger partial charge in [-0.15, -0.1) is 33.7 Å². The summed E-state index contributed by atoms with van der Waals surface area (Å²) in [6, 6.07) is 15.7. The molecule has 0 N–H and O–H groups in total. The molecule has 3 heteroatoms. The van der Waals surface area contributed by atoms with Crippen molar-refractivity contribution in [3.63, 3.8) is 0 Å². The Labute approximate surface area is 202 Å². The van der Waals surface area contributed by atoms with E-state index in [2.05, 4.69) is 67.6 Å². The van der Waals surface area contributed by atoms with Gasteiger partial charge in [0.1, 0.15) is 0 Å². The first kappa shape index (κ1) is 24.4. The van der Waals surface area contributed by atoms with Gasteiger partial charge < -0.3 is 24.8 Å². The molecule has 0 atom stereocenters. The number of rotatable bonds is 2. The van der Waals surface area contributed by atoms with Crippen LogP contribution >= 0.6 is 0 Å². The molecule has 0 unspecified atom stereocenters. The van der Waals surface area contributed by atoms with Gasteiger partial charge in [-0.3, -0.25) is 0 Å². The average Bonchev–Trinajstić information content (AvgIpc) is 3.36. The number of hydrogen-bond donors (Lipinski definition) is 0. The second kappa shape index (κ2) is 11.5. The first-order valence-electron chi connectivity index (χ1n) is 10.3. The van der Waals surface area contributed by atoms with Gasteiger partial charge in [0.05, 0.1) is 0 Å². The molecule has 1 saturated carbocycles. The van der Waals surface area contributed by atoms with E-state index in [1.807, 2.05) is 0 Å². The third kappa shape index (κ3) is 5.44. The quantitative estimate of drug-likeness (QED) is 0.465. The summed E-state index contributed by atoms with van der Waals surface area (Å²) in [7, 11) is 0. The molecule has 0 saturated heterocycles. The number of fused-ring (bicyclic) bond motifs is 3. The van der Waals surface area contributed by atoms with Crippen molar-refractivity contribution in [2.75, 3.05) is 0 Å². The molecule has 0 aliphatic heterocycles. The van der Waals surface area contributed by atoms with Crippen molar-refractivity contribution in [2.45, 2.75) is 51.9 Å². The number of benzene rings is 2. The van der Waals surface area contributed by atoms with Crippen LogP contribution in [0.5, 0.6) is 0 Å². The molecular weight excluding hydrogens is 474 g/mol. The van der Waals surface area contributed by atoms with Crippen LogP contribution in [0.25, 0.3) is 27.1 Å². The van der Waals surface area contributed by atoms with Crippen LogP contribution in [-0.4, -0.2) is 3.21 Å². The maximum atomic E-state index is 2.36. The summed E-state index contributed by atoms with van der Waals surface area (Å²) in [5, 5.41) is 5.53. The van der Waals surface area contributed by atoms with E-state index in [1.165, 1.54) is 70.3 Å². The molecule has 0 nitrogen and oxygen atoms in total. The van der Waals surface area contributed by atoms with Crippen LogP contribution in [0.15, 0.2) is 60.7 Å². The van der Waals surface area contributed by atoms with Crippen molar-refractivity contribution in [3.05, 3.63) is 71.8 Å². The van der Waals surface area contributed by atoms with Gasteiger partial charge in [0, 0.05) is 0 Å². The summed E-state index contributed by atoms with van der Waals surface area (Å²) in [6.07, 6.45) is 16.2. The van der Waals surface area contributed by atoms with Crippen molar-refractivity contribution < 1.29 is 49.0 Å². The van der Waals surface area contributed by atoms with Crippen LogP contribution in [0.3, 0.4) is 0 Å². The van der Waals surface area contributed by atoms with Crippen LogP contribution in [0.2, 0.25) is 0 Å². The van der Waals surface area contributed by atoms with Crippen LogP contribution in [0.1, 0.15) is 56.6 Å². The Morgan fingerprint density at radius 1 is 0.931 bits per heavy atom. The van der Waals surface area contributed by atoms with Crippen molar-refractivity contribution >= 4 is 30.3 Å². The Kier molecular flexibility index (Phi) is 9.67. The van der Waals surface area contributed by atoms with Crippen LogP contribution in [0, 0.1) is 0 Å². The van der Waals surface area contributed by atoms with Crippen LogP contribution in [-0.2, 0) is 30.7 Å². The molecule has 0 radical (unpaired) electrons. The Morgan fingerprint density at radius 3 is 2.31 bits per heavy atom. The number of hydrogen-bond acceptors (Lipinski definition) is 0. The average molecular weight is 502 g/mol. The van der Waals surface area contributed by atoms with E-state index in [9.17, 15) is 0 Å². The van der Waals surface area contributed by atoms with Gasteiger partial charge in [-0.2, -0.15) is 0 Å². The van der Waals surface area contributed by atoms with Crippen molar-refractivity contribution in [1.29, 1.82) is 0 Å². The van der Waals surface area contributed by atoms with Gasteiger partial charge in [0.15, 0.2) is 0 Å². The van der Waals surface area contributed by atoms with E-state index < -0.39 is 0 Å². The Balaban J connectivity index is 0.000000287. The summed E-state index contributed by atoms with van der Waals surface area (Å²) in [6.45, 7) is 2.25. The molecule has 29 heavy (non-hydrogen) atoms. The van der Waals surface area contributed by atoms with Gasteiger partial charge in [0.25, 0.3) is 0 Å². The van der Waals surface area contributed by atoms with Gasteiger partial charge in [-0.25, -0.2) is 0 Å². The normalized spacial score (nSPS) is 15.4. The van der Waals surface area contributed by atoms with E-state index in [1.54, 1.807) is 27.4 Å². The molecule has 3 aromatic carbocycles. The summed E-state index contributed by atoms with van der Waals surface area (Å²) >= 11 is 1.69. The summed E-state index contributed by atoms with van der Waals surface area (Å²) in [5.74, 6) is 0. The zero-order chi connectivity index (χ0) is 18.6. The topological polar surface area (TPSA) is 0 Å². The number of halogens is 2. The third-order valence-electron chi connectivity index (χ3n) is 5.81. The molecule has 0 spiro atoms. The van der Waals surface area contributed by atoms with Crippen LogP contribution in [0.4, 0.5) is 0 Å². The molecular formula is C26H27Cl2Zr-. The van der Waals surface area contributed by atoms with E-state index in [0.29, 0.717) is 0 Å². The minimum atomic E-state index is 0. The van der Waals surface area contributed by atoms with Crippen molar-refractivity contribution in [2.24, 2.45) is 0 Å². The fourth-order valence-corrected chi connectivity index (χ4v) is 5.23. The fourth-order valence-electron chi connectivity index (χ4n) is 4.36. The minimum absolute atomic E-state index is 0. The zero-order valence-electron chi connectivity index (χ0n) is 17.0. The van der Waals surface area contributed by atoms with Crippen molar-refractivity contribution in [1.82, 2.24) is 0 Å². The van der Waals surface area contributed by atoms with E-state index >= 15 is 0 Å². The standard InChI is InChI=1S/C20H17.C6H10.2ClH.Zr/c1-2-14-11-12-18-17-10-6-5-9-16(17)13-19(18)20(14)15-7-3-4-8-15;1-2-4-6-5-3-1;;;/h3-7,9-13H,2,8H2,1H3;1-5H2;2*1H;/q-1;;;;+2/p-2. The summed E-state index contributed by atoms with van der Waals surface area (Å²) in [4.78, 5) is 0. The molecule has 0 aromatic heterocycles. The molecule has 0 heterocycles. The predicted molar refractivity (Wildman–Crippen MR) is 116 cm³/mol. The molecule has 3 aromatic rings. The molecule has 2 aliphatic carbocycles. The Hall–Kier alpha value is -0.877. The van der Waals surface area contributed by atoms with Gasteiger partial charge >= 0.3 is 59.5 Å². The fraction of sp³-hybridized carbons (Fsp3) is 0.308. The van der Waals surface area contributed by atoms with E-state index in [4.69, 9.17) is 0 Å². The molecule has 0 amide bonds. The molecule has 2 aliphatic rings. The number of allylic oxidation sites excluding steroid dienone is 4. The monoisotopic (exact) mass is 499 g/mol.